The average molecular weight is 219 g/mol. The number of carbonyl (C=O) groups is 1. The van der Waals surface area contributed by atoms with Crippen LogP contribution in [0.4, 0.5) is 5.82 Å². The Hall–Kier alpha value is -2.24. The van der Waals surface area contributed by atoms with Crippen LogP contribution in [0.25, 0.3) is 5.52 Å². The van der Waals surface area contributed by atoms with E-state index in [2.05, 4.69) is 4.98 Å². The van der Waals surface area contributed by atoms with Gasteiger partial charge in [0.25, 0.3) is 0 Å². The number of pyridine rings is 1. The second kappa shape index (κ2) is 3.73. The number of fused-ring (bicyclic) bond motifs is 1. The fourth-order valence-corrected chi connectivity index (χ4v) is 1.65. The maximum atomic E-state index is 11.1. The molecule has 0 aromatic carbocycles. The van der Waals surface area contributed by atoms with Gasteiger partial charge < -0.3 is 10.1 Å². The van der Waals surface area contributed by atoms with Gasteiger partial charge in [0.05, 0.1) is 0 Å². The van der Waals surface area contributed by atoms with E-state index in [-0.39, 0.29) is 18.0 Å². The molecular formula is C10H9N3O3. The van der Waals surface area contributed by atoms with E-state index in [1.54, 1.807) is 22.7 Å². The van der Waals surface area contributed by atoms with Crippen molar-refractivity contribution in [3.8, 4) is 0 Å². The number of rotatable bonds is 3. The molecule has 0 aliphatic heterocycles. The number of ketones is 1. The van der Waals surface area contributed by atoms with E-state index in [9.17, 15) is 14.9 Å². The number of hydrogen-bond donors (Lipinski definition) is 0. The Bertz CT molecular complexity index is 574. The first-order chi connectivity index (χ1) is 7.59. The van der Waals surface area contributed by atoms with Crippen molar-refractivity contribution in [1.82, 2.24) is 9.38 Å². The molecule has 6 heteroatoms. The Morgan fingerprint density at radius 2 is 2.38 bits per heavy atom. The molecule has 2 heterocycles. The van der Waals surface area contributed by atoms with Crippen molar-refractivity contribution < 1.29 is 9.72 Å². The summed E-state index contributed by atoms with van der Waals surface area (Å²) in [5.74, 6) is -0.250. The molecule has 2 aromatic rings. The number of imidazole rings is 1. The van der Waals surface area contributed by atoms with Crippen molar-refractivity contribution in [3.63, 3.8) is 0 Å². The van der Waals surface area contributed by atoms with Gasteiger partial charge in [-0.05, 0) is 28.5 Å². The first-order valence-electron chi connectivity index (χ1n) is 4.68. The second-order valence-electron chi connectivity index (χ2n) is 3.49. The van der Waals surface area contributed by atoms with Crippen LogP contribution in [0.15, 0.2) is 24.7 Å². The standard InChI is InChI=1S/C10H9N3O3/c1-7(14)5-8-3-2-4-12-6-11-10(9(8)12)13(15)16/h2-4,6H,5H2,1H3. The lowest BCUT2D eigenvalue weighted by Gasteiger charge is -2.00. The molecule has 0 aliphatic carbocycles. The Balaban J connectivity index is 2.68. The highest BCUT2D eigenvalue weighted by atomic mass is 16.6. The maximum absolute atomic E-state index is 11.1. The van der Waals surface area contributed by atoms with Gasteiger partial charge in [0, 0.05) is 12.6 Å². The summed E-state index contributed by atoms with van der Waals surface area (Å²) in [7, 11) is 0. The van der Waals surface area contributed by atoms with E-state index in [0.29, 0.717) is 11.1 Å². The minimum atomic E-state index is -0.543. The van der Waals surface area contributed by atoms with Crippen molar-refractivity contribution in [2.75, 3.05) is 0 Å². The predicted molar refractivity (Wildman–Crippen MR) is 56.2 cm³/mol. The van der Waals surface area contributed by atoms with E-state index in [1.807, 2.05) is 0 Å². The summed E-state index contributed by atoms with van der Waals surface area (Å²) in [6.07, 6.45) is 3.22. The zero-order chi connectivity index (χ0) is 11.7. The summed E-state index contributed by atoms with van der Waals surface area (Å²) < 4.78 is 1.55. The Morgan fingerprint density at radius 3 is 3.00 bits per heavy atom. The Morgan fingerprint density at radius 1 is 1.62 bits per heavy atom. The van der Waals surface area contributed by atoms with Crippen LogP contribution in [0.3, 0.4) is 0 Å². The van der Waals surface area contributed by atoms with Gasteiger partial charge in [-0.25, -0.2) is 0 Å². The summed E-state index contributed by atoms with van der Waals surface area (Å²) in [4.78, 5) is 25.0. The molecule has 82 valence electrons. The van der Waals surface area contributed by atoms with Crippen molar-refractivity contribution >= 4 is 17.1 Å². The zero-order valence-corrected chi connectivity index (χ0v) is 8.58. The minimum Gasteiger partial charge on any atom is -0.358 e. The lowest BCUT2D eigenvalue weighted by Crippen LogP contribution is -2.00. The lowest BCUT2D eigenvalue weighted by molar-refractivity contribution is -0.387. The number of aromatic nitrogens is 2. The van der Waals surface area contributed by atoms with Crippen molar-refractivity contribution in [1.29, 1.82) is 0 Å². The van der Waals surface area contributed by atoms with E-state index >= 15 is 0 Å². The van der Waals surface area contributed by atoms with Crippen molar-refractivity contribution in [2.24, 2.45) is 0 Å². The monoisotopic (exact) mass is 219 g/mol. The largest absolute Gasteiger partial charge is 0.389 e. The van der Waals surface area contributed by atoms with Crippen LogP contribution in [0.5, 0.6) is 0 Å². The van der Waals surface area contributed by atoms with Crippen LogP contribution in [-0.2, 0) is 11.2 Å². The van der Waals surface area contributed by atoms with Crippen LogP contribution in [0.2, 0.25) is 0 Å². The quantitative estimate of drug-likeness (QED) is 0.577. The molecule has 0 spiro atoms. The molecule has 0 unspecified atom stereocenters. The highest BCUT2D eigenvalue weighted by Gasteiger charge is 2.19. The van der Waals surface area contributed by atoms with Crippen LogP contribution in [0, 0.1) is 10.1 Å². The molecule has 0 bridgehead atoms. The summed E-state index contributed by atoms with van der Waals surface area (Å²) >= 11 is 0. The molecule has 0 atom stereocenters. The molecular weight excluding hydrogens is 210 g/mol. The summed E-state index contributed by atoms with van der Waals surface area (Å²) in [6, 6.07) is 3.43. The van der Waals surface area contributed by atoms with Crippen LogP contribution in [-0.4, -0.2) is 20.1 Å². The number of hydrogen-bond acceptors (Lipinski definition) is 4. The molecule has 0 radical (unpaired) electrons. The Kier molecular flexibility index (Phi) is 2.40. The van der Waals surface area contributed by atoms with E-state index in [0.717, 1.165) is 0 Å². The molecule has 0 saturated heterocycles. The number of carbonyl (C=O) groups excluding carboxylic acids is 1. The first kappa shape index (κ1) is 10.3. The fraction of sp³-hybridized carbons (Fsp3) is 0.200. The van der Waals surface area contributed by atoms with Gasteiger partial charge in [-0.2, -0.15) is 0 Å². The van der Waals surface area contributed by atoms with E-state index < -0.39 is 4.92 Å². The highest BCUT2D eigenvalue weighted by molar-refractivity contribution is 5.82. The van der Waals surface area contributed by atoms with Crippen LogP contribution >= 0.6 is 0 Å². The summed E-state index contributed by atoms with van der Waals surface area (Å²) in [5, 5.41) is 10.8. The van der Waals surface area contributed by atoms with Gasteiger partial charge in [0.15, 0.2) is 5.52 Å². The third-order valence-electron chi connectivity index (χ3n) is 2.23. The smallest absolute Gasteiger partial charge is 0.358 e. The van der Waals surface area contributed by atoms with Crippen molar-refractivity contribution in [3.05, 3.63) is 40.3 Å². The maximum Gasteiger partial charge on any atom is 0.389 e. The SMILES string of the molecule is CC(=O)Cc1cccn2cnc([N+](=O)[O-])c12. The van der Waals surface area contributed by atoms with Gasteiger partial charge in [-0.3, -0.25) is 9.20 Å². The van der Waals surface area contributed by atoms with Gasteiger partial charge in [0.1, 0.15) is 5.78 Å². The van der Waals surface area contributed by atoms with Crippen LogP contribution in [0.1, 0.15) is 12.5 Å². The Labute approximate surface area is 90.7 Å². The lowest BCUT2D eigenvalue weighted by atomic mass is 10.1. The topological polar surface area (TPSA) is 77.5 Å². The molecule has 6 nitrogen and oxygen atoms in total. The summed E-state index contributed by atoms with van der Waals surface area (Å²) in [6.45, 7) is 1.45. The average Bonchev–Trinajstić information content (AvgIpc) is 2.61. The molecule has 16 heavy (non-hydrogen) atoms. The summed E-state index contributed by atoms with van der Waals surface area (Å²) in [5.41, 5.74) is 1.02. The molecule has 2 aromatic heterocycles. The molecule has 0 saturated carbocycles. The van der Waals surface area contributed by atoms with Crippen LogP contribution < -0.4 is 0 Å². The van der Waals surface area contributed by atoms with Gasteiger partial charge in [-0.1, -0.05) is 6.07 Å². The van der Waals surface area contributed by atoms with E-state index in [1.165, 1.54) is 13.3 Å². The highest BCUT2D eigenvalue weighted by Crippen LogP contribution is 2.22. The third kappa shape index (κ3) is 1.65. The normalized spacial score (nSPS) is 10.6. The molecule has 0 fully saturated rings. The second-order valence-corrected chi connectivity index (χ2v) is 3.49. The molecule has 0 aliphatic rings. The van der Waals surface area contributed by atoms with Gasteiger partial charge >= 0.3 is 5.82 Å². The number of Topliss-reactive ketones (excluding diaryl/α,β-unsaturated/α-hetero) is 1. The molecule has 0 amide bonds. The number of nitro groups is 1. The fourth-order valence-electron chi connectivity index (χ4n) is 1.65. The predicted octanol–water partition coefficient (Wildman–Crippen LogP) is 1.37. The molecule has 2 rings (SSSR count). The zero-order valence-electron chi connectivity index (χ0n) is 8.58. The van der Waals surface area contributed by atoms with Crippen molar-refractivity contribution in [2.45, 2.75) is 13.3 Å². The number of nitrogens with zero attached hydrogens (tertiary/aromatic N) is 3. The minimum absolute atomic E-state index is 0.0383. The van der Waals surface area contributed by atoms with Gasteiger partial charge in [0.2, 0.25) is 6.33 Å². The molecule has 0 N–H and O–H groups in total. The first-order valence-corrected chi connectivity index (χ1v) is 4.68. The van der Waals surface area contributed by atoms with E-state index in [4.69, 9.17) is 0 Å². The third-order valence-corrected chi connectivity index (χ3v) is 2.23. The van der Waals surface area contributed by atoms with Gasteiger partial charge in [-0.15, -0.1) is 0 Å².